The van der Waals surface area contributed by atoms with E-state index in [1.54, 1.807) is 0 Å². The Kier molecular flexibility index (Phi) is 4.67. The highest BCUT2D eigenvalue weighted by Crippen LogP contribution is 2.50. The summed E-state index contributed by atoms with van der Waals surface area (Å²) in [5.41, 5.74) is 3.29. The van der Waals surface area contributed by atoms with Crippen LogP contribution >= 0.6 is 0 Å². The van der Waals surface area contributed by atoms with Gasteiger partial charge in [0.05, 0.1) is 5.69 Å². The topological polar surface area (TPSA) is 52.2 Å². The first-order valence-electron chi connectivity index (χ1n) is 10.5. The van der Waals surface area contributed by atoms with E-state index < -0.39 is 0 Å². The van der Waals surface area contributed by atoms with Crippen molar-refractivity contribution < 1.29 is 4.39 Å². The van der Waals surface area contributed by atoms with Gasteiger partial charge in [0.2, 0.25) is 0 Å². The second-order valence-electron chi connectivity index (χ2n) is 8.43. The molecule has 2 unspecified atom stereocenters. The Balaban J connectivity index is 1.13. The molecular weight excluding hydrogens is 355 g/mol. The van der Waals surface area contributed by atoms with Gasteiger partial charge < -0.3 is 9.88 Å². The molecule has 2 fully saturated rings. The fraction of sp³-hybridized carbons (Fsp3) is 0.545. The largest absolute Gasteiger partial charge is 0.369 e. The molecule has 28 heavy (non-hydrogen) atoms. The van der Waals surface area contributed by atoms with Crippen LogP contribution in [-0.2, 0) is 6.42 Å². The number of benzene rings is 1. The third kappa shape index (κ3) is 3.34. The van der Waals surface area contributed by atoms with Gasteiger partial charge in [-0.2, -0.15) is 0 Å². The average Bonchev–Trinajstić information content (AvgIpc) is 3.32. The normalized spacial score (nSPS) is 24.0. The number of nitrogens with one attached hydrogen (secondary N) is 1. The number of fused-ring (bicyclic) bond motifs is 5. The van der Waals surface area contributed by atoms with Crippen LogP contribution in [-0.4, -0.2) is 47.6 Å². The first kappa shape index (κ1) is 17.9. The number of hydrogen-bond donors (Lipinski definition) is 1. The summed E-state index contributed by atoms with van der Waals surface area (Å²) < 4.78 is 13.1. The highest BCUT2D eigenvalue weighted by Gasteiger charge is 2.40. The molecular formula is C22H27FN4O. The van der Waals surface area contributed by atoms with E-state index in [2.05, 4.69) is 14.8 Å². The summed E-state index contributed by atoms with van der Waals surface area (Å²) in [7, 11) is 0. The molecule has 5 nitrogen and oxygen atoms in total. The molecule has 1 saturated carbocycles. The number of H-pyrrole nitrogens is 1. The Bertz CT molecular complexity index is 902. The number of nitrogens with zero attached hydrogens (tertiary/aromatic N) is 3. The molecule has 148 valence electrons. The van der Waals surface area contributed by atoms with E-state index >= 15 is 0 Å². The molecule has 0 radical (unpaired) electrons. The van der Waals surface area contributed by atoms with E-state index in [9.17, 15) is 9.18 Å². The summed E-state index contributed by atoms with van der Waals surface area (Å²) in [5.74, 6) is 1.66. The van der Waals surface area contributed by atoms with Gasteiger partial charge in [-0.1, -0.05) is 0 Å². The summed E-state index contributed by atoms with van der Waals surface area (Å²) in [6.45, 7) is 4.96. The fourth-order valence-electron chi connectivity index (χ4n) is 5.22. The Hall–Kier alpha value is -2.21. The molecule has 3 aliphatic rings. The molecule has 2 aromatic rings. The second kappa shape index (κ2) is 7.32. The van der Waals surface area contributed by atoms with Gasteiger partial charge in [-0.25, -0.2) is 9.37 Å². The van der Waals surface area contributed by atoms with Crippen LogP contribution in [0.4, 0.5) is 10.1 Å². The smallest absolute Gasteiger partial charge is 0.254 e. The number of aryl methyl sites for hydroxylation is 1. The van der Waals surface area contributed by atoms with Gasteiger partial charge in [0.1, 0.15) is 11.6 Å². The van der Waals surface area contributed by atoms with Crippen molar-refractivity contribution in [2.45, 2.75) is 43.9 Å². The zero-order valence-electron chi connectivity index (χ0n) is 16.2. The predicted molar refractivity (Wildman–Crippen MR) is 108 cm³/mol. The number of halogens is 1. The maximum atomic E-state index is 13.1. The van der Waals surface area contributed by atoms with E-state index in [0.29, 0.717) is 11.8 Å². The molecule has 0 amide bonds. The van der Waals surface area contributed by atoms with Crippen LogP contribution < -0.4 is 10.5 Å². The van der Waals surface area contributed by atoms with Gasteiger partial charge in [0, 0.05) is 49.8 Å². The van der Waals surface area contributed by atoms with Crippen molar-refractivity contribution in [1.82, 2.24) is 14.9 Å². The summed E-state index contributed by atoms with van der Waals surface area (Å²) in [6, 6.07) is 6.76. The molecule has 1 saturated heterocycles. The molecule has 2 bridgehead atoms. The number of piperazine rings is 1. The molecule has 1 N–H and O–H groups in total. The van der Waals surface area contributed by atoms with Crippen LogP contribution in [0.15, 0.2) is 29.1 Å². The highest BCUT2D eigenvalue weighted by molar-refractivity contribution is 5.46. The highest BCUT2D eigenvalue weighted by atomic mass is 19.1. The predicted octanol–water partition coefficient (Wildman–Crippen LogP) is 3.03. The number of aromatic amines is 1. The van der Waals surface area contributed by atoms with Crippen molar-refractivity contribution in [3.8, 4) is 0 Å². The summed E-state index contributed by atoms with van der Waals surface area (Å²) in [6.07, 6.45) is 5.33. The average molecular weight is 382 g/mol. The minimum atomic E-state index is -0.187. The SMILES string of the molecule is O=c1[nH]c(CCCN2CCN(c3ccc(F)cc3)CC2)nc2c1C1CCC2C1. The number of anilines is 1. The zero-order chi connectivity index (χ0) is 19.1. The van der Waals surface area contributed by atoms with Crippen LogP contribution in [0.5, 0.6) is 0 Å². The Morgan fingerprint density at radius 1 is 1.07 bits per heavy atom. The van der Waals surface area contributed by atoms with E-state index in [1.165, 1.54) is 18.6 Å². The molecule has 1 aromatic heterocycles. The van der Waals surface area contributed by atoms with Gasteiger partial charge >= 0.3 is 0 Å². The molecule has 2 atom stereocenters. The quantitative estimate of drug-likeness (QED) is 0.864. The molecule has 6 heteroatoms. The van der Waals surface area contributed by atoms with Crippen LogP contribution in [0.1, 0.15) is 54.6 Å². The number of rotatable bonds is 5. The lowest BCUT2D eigenvalue weighted by molar-refractivity contribution is 0.254. The lowest BCUT2D eigenvalue weighted by Crippen LogP contribution is -2.46. The monoisotopic (exact) mass is 382 g/mol. The minimum absolute atomic E-state index is 0.111. The van der Waals surface area contributed by atoms with Crippen LogP contribution in [0.3, 0.4) is 0 Å². The summed E-state index contributed by atoms with van der Waals surface area (Å²) >= 11 is 0. The van der Waals surface area contributed by atoms with Crippen molar-refractivity contribution in [3.05, 3.63) is 57.5 Å². The Morgan fingerprint density at radius 2 is 1.82 bits per heavy atom. The van der Waals surface area contributed by atoms with Crippen LogP contribution in [0, 0.1) is 5.82 Å². The molecule has 2 heterocycles. The van der Waals surface area contributed by atoms with E-state index in [0.717, 1.165) is 81.2 Å². The second-order valence-corrected chi connectivity index (χ2v) is 8.43. The van der Waals surface area contributed by atoms with Gasteiger partial charge in [0.25, 0.3) is 5.56 Å². The van der Waals surface area contributed by atoms with Gasteiger partial charge in [0.15, 0.2) is 0 Å². The van der Waals surface area contributed by atoms with E-state index in [-0.39, 0.29) is 11.4 Å². The first-order valence-corrected chi connectivity index (χ1v) is 10.5. The molecule has 0 spiro atoms. The summed E-state index contributed by atoms with van der Waals surface area (Å²) in [5, 5.41) is 0. The molecule has 1 aromatic carbocycles. The Labute approximate surface area is 164 Å². The third-order valence-electron chi connectivity index (χ3n) is 6.71. The molecule has 1 aliphatic heterocycles. The van der Waals surface area contributed by atoms with Crippen molar-refractivity contribution in [2.75, 3.05) is 37.6 Å². The van der Waals surface area contributed by atoms with Crippen molar-refractivity contribution in [3.63, 3.8) is 0 Å². The van der Waals surface area contributed by atoms with Gasteiger partial charge in [-0.05, 0) is 62.4 Å². The number of hydrogen-bond acceptors (Lipinski definition) is 4. The van der Waals surface area contributed by atoms with Gasteiger partial charge in [-0.15, -0.1) is 0 Å². The zero-order valence-corrected chi connectivity index (χ0v) is 16.2. The lowest BCUT2D eigenvalue weighted by atomic mass is 9.97. The van der Waals surface area contributed by atoms with Crippen molar-refractivity contribution >= 4 is 5.69 Å². The van der Waals surface area contributed by atoms with Crippen LogP contribution in [0.2, 0.25) is 0 Å². The Morgan fingerprint density at radius 3 is 2.61 bits per heavy atom. The van der Waals surface area contributed by atoms with Crippen molar-refractivity contribution in [2.24, 2.45) is 0 Å². The third-order valence-corrected chi connectivity index (χ3v) is 6.71. The number of aromatic nitrogens is 2. The van der Waals surface area contributed by atoms with Gasteiger partial charge in [-0.3, -0.25) is 9.69 Å². The molecule has 2 aliphatic carbocycles. The summed E-state index contributed by atoms with van der Waals surface area (Å²) in [4.78, 5) is 25.1. The standard InChI is InChI=1S/C22H27FN4O/c23-17-5-7-18(8-6-17)27-12-10-26(11-13-27)9-1-2-19-24-21-16-4-3-15(14-16)20(21)22(28)25-19/h5-8,15-16H,1-4,9-14H2,(H,24,25,28). The molecule has 5 rings (SSSR count). The minimum Gasteiger partial charge on any atom is -0.369 e. The maximum absolute atomic E-state index is 13.1. The van der Waals surface area contributed by atoms with Crippen molar-refractivity contribution in [1.29, 1.82) is 0 Å². The maximum Gasteiger partial charge on any atom is 0.254 e. The van der Waals surface area contributed by atoms with Crippen LogP contribution in [0.25, 0.3) is 0 Å². The first-order chi connectivity index (χ1) is 13.7. The fourth-order valence-corrected chi connectivity index (χ4v) is 5.22. The lowest BCUT2D eigenvalue weighted by Gasteiger charge is -2.36. The van der Waals surface area contributed by atoms with E-state index in [1.807, 2.05) is 12.1 Å². The van der Waals surface area contributed by atoms with E-state index in [4.69, 9.17) is 4.98 Å².